The van der Waals surface area contributed by atoms with Crippen LogP contribution in [-0.2, 0) is 21.4 Å². The molecule has 7 nitrogen and oxygen atoms in total. The molecule has 2 aromatic rings. The molecule has 0 aliphatic rings. The van der Waals surface area contributed by atoms with E-state index in [9.17, 15) is 18.0 Å². The fraction of sp³-hybridized carbons (Fsp3) is 0.294. The first-order chi connectivity index (χ1) is 12.3. The first-order valence-corrected chi connectivity index (χ1v) is 10.3. The van der Waals surface area contributed by atoms with Crippen molar-refractivity contribution in [3.8, 4) is 0 Å². The van der Waals surface area contributed by atoms with Crippen LogP contribution in [0.5, 0.6) is 0 Å². The Balaban J connectivity index is 2.10. The molecule has 26 heavy (non-hydrogen) atoms. The number of carbonyl (C=O) groups excluding carboxylic acids is 1. The van der Waals surface area contributed by atoms with Gasteiger partial charge in [-0.25, -0.2) is 8.42 Å². The van der Waals surface area contributed by atoms with Crippen molar-refractivity contribution in [1.82, 2.24) is 8.87 Å². The number of nitrogens with one attached hydrogen (secondary N) is 1. The minimum absolute atomic E-state index is 0.141. The first kappa shape index (κ1) is 20.3. The van der Waals surface area contributed by atoms with E-state index in [2.05, 4.69) is 21.2 Å². The lowest BCUT2D eigenvalue weighted by Crippen LogP contribution is -2.30. The van der Waals surface area contributed by atoms with E-state index in [1.165, 1.54) is 45.4 Å². The predicted octanol–water partition coefficient (Wildman–Crippen LogP) is 2.28. The number of amides is 1. The van der Waals surface area contributed by atoms with Gasteiger partial charge in [0, 0.05) is 35.5 Å². The van der Waals surface area contributed by atoms with Crippen LogP contribution < -0.4 is 10.9 Å². The Hall–Kier alpha value is -1.97. The van der Waals surface area contributed by atoms with Crippen molar-refractivity contribution in [1.29, 1.82) is 0 Å². The van der Waals surface area contributed by atoms with E-state index in [0.717, 1.165) is 0 Å². The van der Waals surface area contributed by atoms with Gasteiger partial charge in [0.05, 0.1) is 4.90 Å². The van der Waals surface area contributed by atoms with E-state index in [1.807, 2.05) is 0 Å². The number of anilines is 1. The SMILES string of the molecule is CCN(CC)S(=O)(=O)c1ccc(NC(=O)Cn2cc(Br)ccc2=O)cc1. The number of pyridine rings is 1. The van der Waals surface area contributed by atoms with E-state index >= 15 is 0 Å². The summed E-state index contributed by atoms with van der Waals surface area (Å²) in [6.45, 7) is 4.19. The first-order valence-electron chi connectivity index (χ1n) is 8.04. The number of halogens is 1. The highest BCUT2D eigenvalue weighted by Gasteiger charge is 2.21. The van der Waals surface area contributed by atoms with Crippen molar-refractivity contribution in [3.63, 3.8) is 0 Å². The Morgan fingerprint density at radius 1 is 1.12 bits per heavy atom. The molecule has 1 aromatic carbocycles. The molecule has 1 heterocycles. The second kappa shape index (κ2) is 8.61. The van der Waals surface area contributed by atoms with E-state index in [-0.39, 0.29) is 22.9 Å². The molecule has 0 spiro atoms. The van der Waals surface area contributed by atoms with Crippen molar-refractivity contribution >= 4 is 37.5 Å². The van der Waals surface area contributed by atoms with Crippen LogP contribution in [0.25, 0.3) is 0 Å². The molecule has 0 unspecified atom stereocenters. The summed E-state index contributed by atoms with van der Waals surface area (Å²) in [5, 5.41) is 2.65. The van der Waals surface area contributed by atoms with Gasteiger partial charge in [0.25, 0.3) is 5.56 Å². The highest BCUT2D eigenvalue weighted by atomic mass is 79.9. The molecule has 1 N–H and O–H groups in total. The van der Waals surface area contributed by atoms with Gasteiger partial charge >= 0.3 is 0 Å². The molecule has 0 fully saturated rings. The lowest BCUT2D eigenvalue weighted by molar-refractivity contribution is -0.116. The number of sulfonamides is 1. The van der Waals surface area contributed by atoms with Gasteiger partial charge in [-0.1, -0.05) is 13.8 Å². The lowest BCUT2D eigenvalue weighted by atomic mass is 10.3. The smallest absolute Gasteiger partial charge is 0.251 e. The fourth-order valence-corrected chi connectivity index (χ4v) is 4.24. The maximum atomic E-state index is 12.4. The fourth-order valence-electron chi connectivity index (χ4n) is 2.40. The van der Waals surface area contributed by atoms with Crippen LogP contribution in [0.1, 0.15) is 13.8 Å². The number of hydrogen-bond acceptors (Lipinski definition) is 4. The number of benzene rings is 1. The molecule has 0 bridgehead atoms. The lowest BCUT2D eigenvalue weighted by Gasteiger charge is -2.18. The Bertz CT molecular complexity index is 935. The van der Waals surface area contributed by atoms with Crippen LogP contribution in [0.3, 0.4) is 0 Å². The average Bonchev–Trinajstić information content (AvgIpc) is 2.59. The van der Waals surface area contributed by atoms with Crippen LogP contribution in [0, 0.1) is 0 Å². The summed E-state index contributed by atoms with van der Waals surface area (Å²) in [4.78, 5) is 24.0. The zero-order valence-corrected chi connectivity index (χ0v) is 16.9. The Morgan fingerprint density at radius 2 is 1.73 bits per heavy atom. The van der Waals surface area contributed by atoms with Crippen LogP contribution in [-0.4, -0.2) is 36.3 Å². The number of rotatable bonds is 7. The van der Waals surface area contributed by atoms with E-state index in [1.54, 1.807) is 19.9 Å². The summed E-state index contributed by atoms with van der Waals surface area (Å²) < 4.78 is 28.2. The monoisotopic (exact) mass is 441 g/mol. The minimum atomic E-state index is -3.54. The molecule has 0 aliphatic carbocycles. The summed E-state index contributed by atoms with van der Waals surface area (Å²) >= 11 is 3.25. The molecule has 0 radical (unpaired) electrons. The standard InChI is InChI=1S/C17H20BrN3O4S/c1-3-21(4-2)26(24,25)15-8-6-14(7-9-15)19-16(22)12-20-11-13(18)5-10-17(20)23/h5-11H,3-4,12H2,1-2H3,(H,19,22). The largest absolute Gasteiger partial charge is 0.325 e. The van der Waals surface area contributed by atoms with E-state index in [4.69, 9.17) is 0 Å². The van der Waals surface area contributed by atoms with E-state index in [0.29, 0.717) is 23.2 Å². The highest BCUT2D eigenvalue weighted by Crippen LogP contribution is 2.18. The third kappa shape index (κ3) is 4.80. The molecule has 0 aliphatic heterocycles. The van der Waals surface area contributed by atoms with Crippen molar-refractivity contribution < 1.29 is 13.2 Å². The molecule has 1 amide bonds. The number of nitrogens with zero attached hydrogens (tertiary/aromatic N) is 2. The van der Waals surface area contributed by atoms with Gasteiger partial charge in [-0.05, 0) is 46.3 Å². The van der Waals surface area contributed by atoms with Gasteiger partial charge in [-0.2, -0.15) is 4.31 Å². The summed E-state index contributed by atoms with van der Waals surface area (Å²) in [6, 6.07) is 8.93. The zero-order chi connectivity index (χ0) is 19.3. The minimum Gasteiger partial charge on any atom is -0.325 e. The van der Waals surface area contributed by atoms with Crippen molar-refractivity contribution in [2.24, 2.45) is 0 Å². The van der Waals surface area contributed by atoms with Gasteiger partial charge < -0.3 is 9.88 Å². The number of hydrogen-bond donors (Lipinski definition) is 1. The van der Waals surface area contributed by atoms with Gasteiger partial charge in [0.1, 0.15) is 6.54 Å². The van der Waals surface area contributed by atoms with Crippen molar-refractivity contribution in [2.75, 3.05) is 18.4 Å². The molecule has 9 heteroatoms. The number of aromatic nitrogens is 1. The van der Waals surface area contributed by atoms with Gasteiger partial charge in [0.2, 0.25) is 15.9 Å². The normalized spacial score (nSPS) is 11.5. The van der Waals surface area contributed by atoms with Crippen LogP contribution in [0.15, 0.2) is 56.8 Å². The number of carbonyl (C=O) groups is 1. The summed E-state index contributed by atoms with van der Waals surface area (Å²) in [6.07, 6.45) is 1.53. The summed E-state index contributed by atoms with van der Waals surface area (Å²) in [7, 11) is -3.54. The summed E-state index contributed by atoms with van der Waals surface area (Å²) in [5.41, 5.74) is 0.167. The van der Waals surface area contributed by atoms with Crippen LogP contribution >= 0.6 is 15.9 Å². The Morgan fingerprint density at radius 3 is 2.31 bits per heavy atom. The predicted molar refractivity (Wildman–Crippen MR) is 104 cm³/mol. The second-order valence-corrected chi connectivity index (χ2v) is 8.33. The molecule has 0 saturated heterocycles. The van der Waals surface area contributed by atoms with Crippen molar-refractivity contribution in [2.45, 2.75) is 25.3 Å². The average molecular weight is 442 g/mol. The van der Waals surface area contributed by atoms with Gasteiger partial charge in [-0.3, -0.25) is 9.59 Å². The Kier molecular flexibility index (Phi) is 6.74. The molecule has 2 rings (SSSR count). The second-order valence-electron chi connectivity index (χ2n) is 5.48. The van der Waals surface area contributed by atoms with Gasteiger partial charge in [-0.15, -0.1) is 0 Å². The third-order valence-corrected chi connectivity index (χ3v) is 6.28. The van der Waals surface area contributed by atoms with Gasteiger partial charge in [0.15, 0.2) is 0 Å². The van der Waals surface area contributed by atoms with Crippen LogP contribution in [0.4, 0.5) is 5.69 Å². The summed E-state index contributed by atoms with van der Waals surface area (Å²) in [5.74, 6) is -0.385. The molecular weight excluding hydrogens is 422 g/mol. The zero-order valence-electron chi connectivity index (χ0n) is 14.5. The topological polar surface area (TPSA) is 88.5 Å². The maximum absolute atomic E-state index is 12.4. The van der Waals surface area contributed by atoms with Crippen LogP contribution in [0.2, 0.25) is 0 Å². The highest BCUT2D eigenvalue weighted by molar-refractivity contribution is 9.10. The Labute approximate surface area is 160 Å². The van der Waals surface area contributed by atoms with Crippen molar-refractivity contribution in [3.05, 3.63) is 57.4 Å². The molecule has 140 valence electrons. The third-order valence-electron chi connectivity index (χ3n) is 3.74. The quantitative estimate of drug-likeness (QED) is 0.713. The molecule has 1 aromatic heterocycles. The van der Waals surface area contributed by atoms with E-state index < -0.39 is 10.0 Å². The molecule has 0 atom stereocenters. The molecular formula is C17H20BrN3O4S. The maximum Gasteiger partial charge on any atom is 0.251 e. The molecule has 0 saturated carbocycles.